The van der Waals surface area contributed by atoms with Gasteiger partial charge >= 0.3 is 0 Å². The van der Waals surface area contributed by atoms with Gasteiger partial charge < -0.3 is 10.8 Å². The second-order valence-corrected chi connectivity index (χ2v) is 2.88. The monoisotopic (exact) mass is 145 g/mol. The van der Waals surface area contributed by atoms with Crippen molar-refractivity contribution in [3.8, 4) is 0 Å². The molecule has 0 saturated heterocycles. The van der Waals surface area contributed by atoms with Crippen molar-refractivity contribution < 1.29 is 5.11 Å². The standard InChI is InChI=1S/C8H19NO/c1-3-7(2)8(10)5-4-6-9/h7-8,10H,3-6,9H2,1-2H3. The number of hydrogen-bond acceptors (Lipinski definition) is 2. The lowest BCUT2D eigenvalue weighted by Crippen LogP contribution is -2.18. The second-order valence-electron chi connectivity index (χ2n) is 2.88. The van der Waals surface area contributed by atoms with Crippen LogP contribution < -0.4 is 5.73 Å². The van der Waals surface area contributed by atoms with Crippen molar-refractivity contribution in [1.82, 2.24) is 0 Å². The van der Waals surface area contributed by atoms with E-state index in [-0.39, 0.29) is 6.10 Å². The van der Waals surface area contributed by atoms with Crippen LogP contribution in [-0.2, 0) is 0 Å². The summed E-state index contributed by atoms with van der Waals surface area (Å²) in [6.07, 6.45) is 2.69. The minimum absolute atomic E-state index is 0.145. The maximum atomic E-state index is 9.39. The topological polar surface area (TPSA) is 46.2 Å². The van der Waals surface area contributed by atoms with Crippen molar-refractivity contribution in [1.29, 1.82) is 0 Å². The Morgan fingerprint density at radius 3 is 2.50 bits per heavy atom. The fraction of sp³-hybridized carbons (Fsp3) is 1.00. The summed E-state index contributed by atoms with van der Waals surface area (Å²) in [5.41, 5.74) is 5.31. The first-order chi connectivity index (χ1) is 4.72. The lowest BCUT2D eigenvalue weighted by molar-refractivity contribution is 0.104. The quantitative estimate of drug-likeness (QED) is 0.609. The van der Waals surface area contributed by atoms with E-state index in [1.54, 1.807) is 0 Å². The van der Waals surface area contributed by atoms with E-state index in [2.05, 4.69) is 13.8 Å². The second kappa shape index (κ2) is 5.69. The van der Waals surface area contributed by atoms with Crippen molar-refractivity contribution in [2.75, 3.05) is 6.54 Å². The molecule has 0 aromatic rings. The lowest BCUT2D eigenvalue weighted by Gasteiger charge is -2.15. The van der Waals surface area contributed by atoms with E-state index in [1.807, 2.05) is 0 Å². The van der Waals surface area contributed by atoms with E-state index in [1.165, 1.54) is 0 Å². The predicted octanol–water partition coefficient (Wildman–Crippen LogP) is 1.13. The number of nitrogens with two attached hydrogens (primary N) is 1. The molecule has 0 bridgehead atoms. The first-order valence-electron chi connectivity index (χ1n) is 4.10. The number of hydrogen-bond donors (Lipinski definition) is 2. The molecule has 2 heteroatoms. The van der Waals surface area contributed by atoms with Gasteiger partial charge in [0.15, 0.2) is 0 Å². The van der Waals surface area contributed by atoms with Gasteiger partial charge in [0.1, 0.15) is 0 Å². The van der Waals surface area contributed by atoms with Crippen molar-refractivity contribution >= 4 is 0 Å². The summed E-state index contributed by atoms with van der Waals surface area (Å²) in [4.78, 5) is 0. The van der Waals surface area contributed by atoms with Gasteiger partial charge in [0.2, 0.25) is 0 Å². The summed E-state index contributed by atoms with van der Waals surface area (Å²) >= 11 is 0. The molecule has 0 aromatic carbocycles. The summed E-state index contributed by atoms with van der Waals surface area (Å²) in [7, 11) is 0. The molecule has 0 aliphatic rings. The van der Waals surface area contributed by atoms with E-state index in [4.69, 9.17) is 5.73 Å². The number of aliphatic hydroxyl groups is 1. The highest BCUT2D eigenvalue weighted by molar-refractivity contribution is 4.62. The molecule has 0 heterocycles. The van der Waals surface area contributed by atoms with Crippen molar-refractivity contribution in [3.63, 3.8) is 0 Å². The maximum Gasteiger partial charge on any atom is 0.0566 e. The Balaban J connectivity index is 3.31. The van der Waals surface area contributed by atoms with Gasteiger partial charge in [-0.25, -0.2) is 0 Å². The first-order valence-corrected chi connectivity index (χ1v) is 4.10. The molecule has 0 rings (SSSR count). The van der Waals surface area contributed by atoms with Crippen LogP contribution in [-0.4, -0.2) is 17.8 Å². The highest BCUT2D eigenvalue weighted by Gasteiger charge is 2.10. The average Bonchev–Trinajstić information content (AvgIpc) is 1.98. The lowest BCUT2D eigenvalue weighted by atomic mass is 9.98. The van der Waals surface area contributed by atoms with Crippen LogP contribution in [0.5, 0.6) is 0 Å². The fourth-order valence-corrected chi connectivity index (χ4v) is 0.884. The van der Waals surface area contributed by atoms with Gasteiger partial charge in [-0.15, -0.1) is 0 Å². The minimum Gasteiger partial charge on any atom is -0.393 e. The van der Waals surface area contributed by atoms with Crippen LogP contribution in [0.2, 0.25) is 0 Å². The molecule has 62 valence electrons. The highest BCUT2D eigenvalue weighted by Crippen LogP contribution is 2.11. The molecule has 3 N–H and O–H groups in total. The van der Waals surface area contributed by atoms with Crippen LogP contribution in [0.25, 0.3) is 0 Å². The highest BCUT2D eigenvalue weighted by atomic mass is 16.3. The summed E-state index contributed by atoms with van der Waals surface area (Å²) < 4.78 is 0. The third-order valence-corrected chi connectivity index (χ3v) is 2.00. The molecular weight excluding hydrogens is 126 g/mol. The van der Waals surface area contributed by atoms with Gasteiger partial charge in [-0.1, -0.05) is 20.3 Å². The Labute approximate surface area is 63.4 Å². The smallest absolute Gasteiger partial charge is 0.0566 e. The van der Waals surface area contributed by atoms with Crippen LogP contribution in [0.4, 0.5) is 0 Å². The minimum atomic E-state index is -0.145. The average molecular weight is 145 g/mol. The Kier molecular flexibility index (Phi) is 5.64. The van der Waals surface area contributed by atoms with Crippen molar-refractivity contribution in [2.24, 2.45) is 11.7 Å². The Hall–Kier alpha value is -0.0800. The predicted molar refractivity (Wildman–Crippen MR) is 43.8 cm³/mol. The van der Waals surface area contributed by atoms with E-state index < -0.39 is 0 Å². The molecule has 0 aliphatic heterocycles. The van der Waals surface area contributed by atoms with Crippen LogP contribution in [0, 0.1) is 5.92 Å². The van der Waals surface area contributed by atoms with E-state index in [0.717, 1.165) is 19.3 Å². The molecule has 0 spiro atoms. The molecule has 2 atom stereocenters. The van der Waals surface area contributed by atoms with Crippen molar-refractivity contribution in [3.05, 3.63) is 0 Å². The van der Waals surface area contributed by atoms with Crippen LogP contribution in [0.1, 0.15) is 33.1 Å². The molecule has 0 saturated carbocycles. The van der Waals surface area contributed by atoms with Crippen LogP contribution in [0.3, 0.4) is 0 Å². The number of rotatable bonds is 5. The van der Waals surface area contributed by atoms with Gasteiger partial charge in [0, 0.05) is 0 Å². The Morgan fingerprint density at radius 2 is 2.10 bits per heavy atom. The van der Waals surface area contributed by atoms with E-state index in [9.17, 15) is 5.11 Å². The zero-order valence-electron chi connectivity index (χ0n) is 7.01. The Bertz CT molecular complexity index is 75.7. The largest absolute Gasteiger partial charge is 0.393 e. The fourth-order valence-electron chi connectivity index (χ4n) is 0.884. The van der Waals surface area contributed by atoms with Gasteiger partial charge in [0.05, 0.1) is 6.10 Å². The third kappa shape index (κ3) is 3.85. The molecule has 0 aliphatic carbocycles. The maximum absolute atomic E-state index is 9.39. The Morgan fingerprint density at radius 1 is 1.50 bits per heavy atom. The molecule has 0 aromatic heterocycles. The normalized spacial score (nSPS) is 16.8. The summed E-state index contributed by atoms with van der Waals surface area (Å²) in [5, 5.41) is 9.39. The van der Waals surface area contributed by atoms with Gasteiger partial charge in [0.25, 0.3) is 0 Å². The molecule has 2 unspecified atom stereocenters. The summed E-state index contributed by atoms with van der Waals surface area (Å²) in [6, 6.07) is 0. The zero-order chi connectivity index (χ0) is 7.98. The molecule has 0 amide bonds. The SMILES string of the molecule is CCC(C)C(O)CCCN. The first kappa shape index (κ1) is 9.92. The number of aliphatic hydroxyl groups excluding tert-OH is 1. The summed E-state index contributed by atoms with van der Waals surface area (Å²) in [5.74, 6) is 0.423. The van der Waals surface area contributed by atoms with Crippen molar-refractivity contribution in [2.45, 2.75) is 39.2 Å². The summed E-state index contributed by atoms with van der Waals surface area (Å²) in [6.45, 7) is 4.85. The van der Waals surface area contributed by atoms with E-state index in [0.29, 0.717) is 12.5 Å². The van der Waals surface area contributed by atoms with Crippen LogP contribution in [0.15, 0.2) is 0 Å². The molecule has 10 heavy (non-hydrogen) atoms. The molecule has 0 fully saturated rings. The molecule has 0 radical (unpaired) electrons. The van der Waals surface area contributed by atoms with Crippen LogP contribution >= 0.6 is 0 Å². The van der Waals surface area contributed by atoms with Gasteiger partial charge in [-0.2, -0.15) is 0 Å². The molecule has 2 nitrogen and oxygen atoms in total. The van der Waals surface area contributed by atoms with Gasteiger partial charge in [-0.3, -0.25) is 0 Å². The van der Waals surface area contributed by atoms with Gasteiger partial charge in [-0.05, 0) is 25.3 Å². The zero-order valence-corrected chi connectivity index (χ0v) is 7.01. The molecular formula is C8H19NO. The third-order valence-electron chi connectivity index (χ3n) is 2.00. The van der Waals surface area contributed by atoms with E-state index >= 15 is 0 Å².